The first-order valence-corrected chi connectivity index (χ1v) is 15.7. The van der Waals surface area contributed by atoms with Crippen LogP contribution in [0.4, 0.5) is 0 Å². The fourth-order valence-electron chi connectivity index (χ4n) is 7.36. The number of carbonyl (C=O) groups is 1. The van der Waals surface area contributed by atoms with E-state index < -0.39 is 5.60 Å². The lowest BCUT2D eigenvalue weighted by Gasteiger charge is -2.34. The zero-order valence-electron chi connectivity index (χ0n) is 25.1. The number of allylic oxidation sites excluding steroid dienone is 4. The Kier molecular flexibility index (Phi) is 7.77. The summed E-state index contributed by atoms with van der Waals surface area (Å²) < 4.78 is 20.4. The normalized spacial score (nSPS) is 23.7. The molecular formula is C34H48N2O4. The molecule has 3 aliphatic carbocycles. The van der Waals surface area contributed by atoms with Gasteiger partial charge >= 0.3 is 0 Å². The molecule has 0 radical (unpaired) electrons. The zero-order valence-corrected chi connectivity index (χ0v) is 25.1. The van der Waals surface area contributed by atoms with Gasteiger partial charge in [-0.3, -0.25) is 4.79 Å². The molecule has 3 heterocycles. The molecule has 1 spiro atoms. The summed E-state index contributed by atoms with van der Waals surface area (Å²) in [6.45, 7) is 9.64. The summed E-state index contributed by atoms with van der Waals surface area (Å²) in [5.41, 5.74) is 6.67. The van der Waals surface area contributed by atoms with E-state index in [-0.39, 0.29) is 17.4 Å². The maximum Gasteiger partial charge on any atom is 0.253 e. The van der Waals surface area contributed by atoms with Gasteiger partial charge in [-0.2, -0.15) is 0 Å². The summed E-state index contributed by atoms with van der Waals surface area (Å²) in [6, 6.07) is 2.36. The molecule has 6 heteroatoms. The number of nitrogens with one attached hydrogen (secondary N) is 1. The van der Waals surface area contributed by atoms with Crippen LogP contribution in [-0.2, 0) is 20.8 Å². The molecule has 0 unspecified atom stereocenters. The standard InChI is InChI=1S/C34H48N2O4/c1-23-27(32(37)35-26-12-17-39-18-13-26)21-30(36(23)22-24-8-6-5-7-9-24)25-10-11-28(33(2,3)38-4)31-29(20-25)34(14-15-34)16-19-40-31/h10,20-21,24,26H,5-9,11-19,22H2,1-4H3,(H,35,37). The minimum Gasteiger partial charge on any atom is -0.493 e. The molecule has 6 rings (SSSR count). The van der Waals surface area contributed by atoms with E-state index in [2.05, 4.69) is 48.9 Å². The summed E-state index contributed by atoms with van der Waals surface area (Å²) in [6.07, 6.45) is 17.4. The van der Waals surface area contributed by atoms with Gasteiger partial charge in [-0.1, -0.05) is 25.3 Å². The number of nitrogens with zero attached hydrogens (tertiary/aromatic N) is 1. The van der Waals surface area contributed by atoms with Crippen molar-refractivity contribution in [3.8, 4) is 0 Å². The van der Waals surface area contributed by atoms with Crippen LogP contribution in [0.2, 0.25) is 0 Å². The fourth-order valence-corrected chi connectivity index (χ4v) is 7.36. The smallest absolute Gasteiger partial charge is 0.253 e. The predicted molar refractivity (Wildman–Crippen MR) is 158 cm³/mol. The maximum atomic E-state index is 13.7. The Morgan fingerprint density at radius 1 is 1.10 bits per heavy atom. The van der Waals surface area contributed by atoms with E-state index in [0.29, 0.717) is 5.92 Å². The van der Waals surface area contributed by atoms with E-state index in [9.17, 15) is 4.79 Å². The molecule has 40 heavy (non-hydrogen) atoms. The van der Waals surface area contributed by atoms with E-state index in [4.69, 9.17) is 14.2 Å². The minimum absolute atomic E-state index is 0.0506. The van der Waals surface area contributed by atoms with Gasteiger partial charge in [0.05, 0.1) is 17.8 Å². The van der Waals surface area contributed by atoms with Crippen molar-refractivity contribution < 1.29 is 19.0 Å². The van der Waals surface area contributed by atoms with Crippen molar-refractivity contribution in [2.75, 3.05) is 26.9 Å². The van der Waals surface area contributed by atoms with Gasteiger partial charge in [0, 0.05) is 60.9 Å². The first-order valence-electron chi connectivity index (χ1n) is 15.7. The van der Waals surface area contributed by atoms with E-state index >= 15 is 0 Å². The number of carbonyl (C=O) groups excluding carboxylic acids is 1. The molecule has 1 amide bonds. The third kappa shape index (κ3) is 5.34. The molecule has 2 saturated heterocycles. The minimum atomic E-state index is -0.414. The molecular weight excluding hydrogens is 500 g/mol. The van der Waals surface area contributed by atoms with Crippen LogP contribution in [0.5, 0.6) is 0 Å². The van der Waals surface area contributed by atoms with Crippen LogP contribution in [0.15, 0.2) is 35.1 Å². The Morgan fingerprint density at radius 2 is 1.85 bits per heavy atom. The quantitative estimate of drug-likeness (QED) is 0.404. The third-order valence-corrected chi connectivity index (χ3v) is 10.5. The van der Waals surface area contributed by atoms with Gasteiger partial charge in [-0.05, 0) is 95.8 Å². The molecule has 2 saturated carbocycles. The molecule has 1 N–H and O–H groups in total. The monoisotopic (exact) mass is 548 g/mol. The van der Waals surface area contributed by atoms with Crippen molar-refractivity contribution in [2.45, 2.75) is 110 Å². The Hall–Kier alpha value is -2.31. The summed E-state index contributed by atoms with van der Waals surface area (Å²) in [4.78, 5) is 13.7. The molecule has 0 atom stereocenters. The van der Waals surface area contributed by atoms with E-state index in [0.717, 1.165) is 69.1 Å². The Bertz CT molecular complexity index is 1220. The molecule has 2 aliphatic heterocycles. The highest BCUT2D eigenvalue weighted by Crippen LogP contribution is 2.61. The summed E-state index contributed by atoms with van der Waals surface area (Å²) >= 11 is 0. The topological polar surface area (TPSA) is 61.7 Å². The molecule has 0 aromatic carbocycles. The van der Waals surface area contributed by atoms with Crippen molar-refractivity contribution in [3.05, 3.63) is 52.1 Å². The van der Waals surface area contributed by atoms with Gasteiger partial charge in [-0.15, -0.1) is 0 Å². The SMILES string of the molecule is COC(C)(C)C1=C2OCCC3(CC3)C2=CC(c2cc(C(=O)NC3CCOCC3)c(C)n2CC2CCCCC2)=CC1. The van der Waals surface area contributed by atoms with Gasteiger partial charge in [0.1, 0.15) is 5.76 Å². The molecule has 1 aromatic rings. The molecule has 0 bridgehead atoms. The zero-order chi connectivity index (χ0) is 27.9. The summed E-state index contributed by atoms with van der Waals surface area (Å²) in [5.74, 6) is 1.77. The lowest BCUT2D eigenvalue weighted by Crippen LogP contribution is -2.39. The van der Waals surface area contributed by atoms with E-state index in [1.807, 2.05) is 0 Å². The average molecular weight is 549 g/mol. The summed E-state index contributed by atoms with van der Waals surface area (Å²) in [7, 11) is 1.80. The second-order valence-electron chi connectivity index (χ2n) is 13.3. The molecule has 1 aromatic heterocycles. The van der Waals surface area contributed by atoms with E-state index in [1.54, 1.807) is 7.11 Å². The van der Waals surface area contributed by atoms with Crippen LogP contribution < -0.4 is 5.32 Å². The van der Waals surface area contributed by atoms with Crippen LogP contribution in [0.3, 0.4) is 0 Å². The lowest BCUT2D eigenvalue weighted by atomic mass is 9.83. The highest BCUT2D eigenvalue weighted by molar-refractivity contribution is 5.97. The maximum absolute atomic E-state index is 13.7. The average Bonchev–Trinajstić information content (AvgIpc) is 3.70. The second kappa shape index (κ2) is 11.2. The number of hydrogen-bond acceptors (Lipinski definition) is 4. The summed E-state index contributed by atoms with van der Waals surface area (Å²) in [5, 5.41) is 3.33. The largest absolute Gasteiger partial charge is 0.493 e. The van der Waals surface area contributed by atoms with Gasteiger partial charge in [0.2, 0.25) is 0 Å². The number of rotatable bonds is 7. The van der Waals surface area contributed by atoms with Crippen molar-refractivity contribution in [1.29, 1.82) is 0 Å². The first-order chi connectivity index (χ1) is 19.3. The third-order valence-electron chi connectivity index (χ3n) is 10.5. The van der Waals surface area contributed by atoms with Crippen molar-refractivity contribution in [3.63, 3.8) is 0 Å². The number of aromatic nitrogens is 1. The van der Waals surface area contributed by atoms with Gasteiger partial charge < -0.3 is 24.1 Å². The highest BCUT2D eigenvalue weighted by atomic mass is 16.5. The van der Waals surface area contributed by atoms with Crippen molar-refractivity contribution in [2.24, 2.45) is 11.3 Å². The van der Waals surface area contributed by atoms with Crippen molar-refractivity contribution >= 4 is 11.5 Å². The molecule has 4 fully saturated rings. The Labute approximate surface area is 240 Å². The second-order valence-corrected chi connectivity index (χ2v) is 13.3. The Morgan fingerprint density at radius 3 is 2.55 bits per heavy atom. The van der Waals surface area contributed by atoms with Gasteiger partial charge in [0.15, 0.2) is 0 Å². The van der Waals surface area contributed by atoms with Crippen molar-refractivity contribution in [1.82, 2.24) is 9.88 Å². The molecule has 5 aliphatic rings. The van der Waals surface area contributed by atoms with Gasteiger partial charge in [0.25, 0.3) is 5.91 Å². The van der Waals surface area contributed by atoms with Crippen LogP contribution in [0.1, 0.15) is 106 Å². The van der Waals surface area contributed by atoms with Crippen LogP contribution >= 0.6 is 0 Å². The van der Waals surface area contributed by atoms with Crippen LogP contribution in [0.25, 0.3) is 5.57 Å². The lowest BCUT2D eigenvalue weighted by molar-refractivity contribution is 0.0445. The predicted octanol–water partition coefficient (Wildman–Crippen LogP) is 6.88. The molecule has 6 nitrogen and oxygen atoms in total. The number of ether oxygens (including phenoxy) is 3. The number of fused-ring (bicyclic) bond motifs is 2. The van der Waals surface area contributed by atoms with Gasteiger partial charge in [-0.25, -0.2) is 0 Å². The number of methoxy groups -OCH3 is 1. The number of amides is 1. The highest BCUT2D eigenvalue weighted by Gasteiger charge is 2.51. The van der Waals surface area contributed by atoms with Crippen LogP contribution in [0, 0.1) is 18.3 Å². The first kappa shape index (κ1) is 27.8. The fraction of sp³-hybridized carbons (Fsp3) is 0.676. The molecule has 218 valence electrons. The van der Waals surface area contributed by atoms with E-state index in [1.165, 1.54) is 67.4 Å². The Balaban J connectivity index is 1.40. The van der Waals surface area contributed by atoms with Crippen LogP contribution in [-0.4, -0.2) is 49.0 Å². The number of hydrogen-bond donors (Lipinski definition) is 1.